The van der Waals surface area contributed by atoms with Gasteiger partial charge in [-0.1, -0.05) is 25.5 Å². The monoisotopic (exact) mass is 266 g/mol. The summed E-state index contributed by atoms with van der Waals surface area (Å²) in [6, 6.07) is 8.53. The van der Waals surface area contributed by atoms with E-state index in [0.29, 0.717) is 0 Å². The first-order chi connectivity index (χ1) is 9.86. The molecular formula is C16H18N4. The summed E-state index contributed by atoms with van der Waals surface area (Å²) in [7, 11) is 0. The molecule has 0 bridgehead atoms. The lowest BCUT2D eigenvalue weighted by atomic mass is 10.1. The summed E-state index contributed by atoms with van der Waals surface area (Å²) in [6.07, 6.45) is 11.0. The third-order valence-electron chi connectivity index (χ3n) is 3.35. The van der Waals surface area contributed by atoms with Crippen molar-refractivity contribution in [3.05, 3.63) is 54.6 Å². The third kappa shape index (κ3) is 2.64. The Morgan fingerprint density at radius 3 is 2.55 bits per heavy atom. The molecule has 0 spiro atoms. The minimum Gasteiger partial charge on any atom is -0.337 e. The standard InChI is InChI=1S/C16H18N4/c1-2-3-4-13-5-7-14(8-6-13)19-15-16-18-10-12-20(16)11-9-17-15/h5-12H,2-4H2,1H3,(H,17,19). The molecule has 0 fully saturated rings. The maximum absolute atomic E-state index is 4.35. The summed E-state index contributed by atoms with van der Waals surface area (Å²) < 4.78 is 1.95. The Morgan fingerprint density at radius 1 is 1.05 bits per heavy atom. The summed E-state index contributed by atoms with van der Waals surface area (Å²) >= 11 is 0. The Balaban J connectivity index is 1.79. The van der Waals surface area contributed by atoms with Gasteiger partial charge in [0.05, 0.1) is 0 Å². The number of benzene rings is 1. The van der Waals surface area contributed by atoms with Gasteiger partial charge in [-0.15, -0.1) is 0 Å². The van der Waals surface area contributed by atoms with Crippen molar-refractivity contribution in [2.75, 3.05) is 5.32 Å². The number of unbranched alkanes of at least 4 members (excludes halogenated alkanes) is 1. The molecule has 0 saturated heterocycles. The molecule has 3 aromatic rings. The predicted molar refractivity (Wildman–Crippen MR) is 81.3 cm³/mol. The molecule has 2 aromatic heterocycles. The topological polar surface area (TPSA) is 42.2 Å². The molecular weight excluding hydrogens is 248 g/mol. The normalized spacial score (nSPS) is 10.8. The molecule has 0 unspecified atom stereocenters. The fraction of sp³-hybridized carbons (Fsp3) is 0.250. The van der Waals surface area contributed by atoms with E-state index in [0.717, 1.165) is 23.6 Å². The molecule has 4 heteroatoms. The van der Waals surface area contributed by atoms with Gasteiger partial charge < -0.3 is 9.72 Å². The fourth-order valence-electron chi connectivity index (χ4n) is 2.21. The number of aromatic nitrogens is 3. The number of hydrogen-bond acceptors (Lipinski definition) is 3. The number of imidazole rings is 1. The number of aryl methyl sites for hydroxylation is 1. The van der Waals surface area contributed by atoms with Crippen LogP contribution in [0.15, 0.2) is 49.1 Å². The van der Waals surface area contributed by atoms with Gasteiger partial charge in [0, 0.05) is 30.5 Å². The molecule has 0 aliphatic rings. The van der Waals surface area contributed by atoms with Gasteiger partial charge >= 0.3 is 0 Å². The molecule has 0 atom stereocenters. The van der Waals surface area contributed by atoms with Crippen LogP contribution in [-0.4, -0.2) is 14.4 Å². The number of anilines is 2. The van der Waals surface area contributed by atoms with Gasteiger partial charge in [-0.25, -0.2) is 9.97 Å². The lowest BCUT2D eigenvalue weighted by Crippen LogP contribution is -1.97. The van der Waals surface area contributed by atoms with E-state index in [9.17, 15) is 0 Å². The minimum atomic E-state index is 0.777. The van der Waals surface area contributed by atoms with Crippen LogP contribution in [-0.2, 0) is 6.42 Å². The fourth-order valence-corrected chi connectivity index (χ4v) is 2.21. The van der Waals surface area contributed by atoms with Crippen molar-refractivity contribution in [2.24, 2.45) is 0 Å². The number of hydrogen-bond donors (Lipinski definition) is 1. The van der Waals surface area contributed by atoms with Crippen molar-refractivity contribution in [3.8, 4) is 0 Å². The van der Waals surface area contributed by atoms with E-state index >= 15 is 0 Å². The molecule has 3 rings (SSSR count). The van der Waals surface area contributed by atoms with Crippen molar-refractivity contribution in [1.82, 2.24) is 14.4 Å². The highest BCUT2D eigenvalue weighted by Gasteiger charge is 2.03. The number of nitrogens with one attached hydrogen (secondary N) is 1. The number of fused-ring (bicyclic) bond motifs is 1. The van der Waals surface area contributed by atoms with E-state index in [2.05, 4.69) is 46.5 Å². The Kier molecular flexibility index (Phi) is 3.63. The molecule has 2 heterocycles. The van der Waals surface area contributed by atoms with Gasteiger partial charge in [0.1, 0.15) is 0 Å². The second-order valence-corrected chi connectivity index (χ2v) is 4.86. The SMILES string of the molecule is CCCCc1ccc(Nc2nccn3ccnc23)cc1. The van der Waals surface area contributed by atoms with Crippen LogP contribution in [0.5, 0.6) is 0 Å². The first-order valence-electron chi connectivity index (χ1n) is 7.00. The molecule has 4 nitrogen and oxygen atoms in total. The Bertz CT molecular complexity index is 685. The highest BCUT2D eigenvalue weighted by Crippen LogP contribution is 2.19. The first-order valence-corrected chi connectivity index (χ1v) is 7.00. The summed E-state index contributed by atoms with van der Waals surface area (Å²) in [6.45, 7) is 2.22. The highest BCUT2D eigenvalue weighted by atomic mass is 15.1. The van der Waals surface area contributed by atoms with Crippen molar-refractivity contribution in [2.45, 2.75) is 26.2 Å². The summed E-state index contributed by atoms with van der Waals surface area (Å²) in [5.74, 6) is 0.777. The van der Waals surface area contributed by atoms with Crippen molar-refractivity contribution in [1.29, 1.82) is 0 Å². The zero-order valence-electron chi connectivity index (χ0n) is 11.6. The largest absolute Gasteiger partial charge is 0.337 e. The summed E-state index contributed by atoms with van der Waals surface area (Å²) in [4.78, 5) is 8.66. The number of rotatable bonds is 5. The van der Waals surface area contributed by atoms with Gasteiger partial charge in [0.2, 0.25) is 0 Å². The molecule has 20 heavy (non-hydrogen) atoms. The van der Waals surface area contributed by atoms with E-state index in [4.69, 9.17) is 0 Å². The van der Waals surface area contributed by atoms with Crippen LogP contribution in [0.4, 0.5) is 11.5 Å². The van der Waals surface area contributed by atoms with Crippen LogP contribution in [0.1, 0.15) is 25.3 Å². The van der Waals surface area contributed by atoms with E-state index in [-0.39, 0.29) is 0 Å². The van der Waals surface area contributed by atoms with Gasteiger partial charge in [0.15, 0.2) is 11.5 Å². The lowest BCUT2D eigenvalue weighted by Gasteiger charge is -2.07. The molecule has 102 valence electrons. The van der Waals surface area contributed by atoms with Crippen LogP contribution in [0, 0.1) is 0 Å². The van der Waals surface area contributed by atoms with Gasteiger partial charge in [-0.3, -0.25) is 0 Å². The van der Waals surface area contributed by atoms with Crippen LogP contribution in [0.2, 0.25) is 0 Å². The first kappa shape index (κ1) is 12.7. The summed E-state index contributed by atoms with van der Waals surface area (Å²) in [5, 5.41) is 3.32. The van der Waals surface area contributed by atoms with E-state index in [1.807, 2.05) is 16.8 Å². The van der Waals surface area contributed by atoms with E-state index < -0.39 is 0 Å². The third-order valence-corrected chi connectivity index (χ3v) is 3.35. The lowest BCUT2D eigenvalue weighted by molar-refractivity contribution is 0.795. The van der Waals surface area contributed by atoms with Crippen molar-refractivity contribution in [3.63, 3.8) is 0 Å². The molecule has 1 aromatic carbocycles. The highest BCUT2D eigenvalue weighted by molar-refractivity contribution is 5.69. The molecule has 0 saturated carbocycles. The van der Waals surface area contributed by atoms with Gasteiger partial charge in [-0.05, 0) is 30.5 Å². The Morgan fingerprint density at radius 2 is 1.80 bits per heavy atom. The predicted octanol–water partition coefficient (Wildman–Crippen LogP) is 3.82. The molecule has 0 radical (unpaired) electrons. The van der Waals surface area contributed by atoms with Crippen LogP contribution in [0.3, 0.4) is 0 Å². The smallest absolute Gasteiger partial charge is 0.180 e. The maximum Gasteiger partial charge on any atom is 0.180 e. The van der Waals surface area contributed by atoms with Crippen LogP contribution in [0.25, 0.3) is 5.65 Å². The van der Waals surface area contributed by atoms with Crippen LogP contribution >= 0.6 is 0 Å². The second-order valence-electron chi connectivity index (χ2n) is 4.86. The zero-order chi connectivity index (χ0) is 13.8. The molecule has 1 N–H and O–H groups in total. The molecule has 0 aliphatic carbocycles. The Labute approximate surface area is 118 Å². The average Bonchev–Trinajstić information content (AvgIpc) is 2.96. The van der Waals surface area contributed by atoms with Crippen molar-refractivity contribution >= 4 is 17.2 Å². The minimum absolute atomic E-state index is 0.777. The summed E-state index contributed by atoms with van der Waals surface area (Å²) in [5.41, 5.74) is 3.25. The van der Waals surface area contributed by atoms with Gasteiger partial charge in [-0.2, -0.15) is 0 Å². The second kappa shape index (κ2) is 5.74. The van der Waals surface area contributed by atoms with Crippen molar-refractivity contribution < 1.29 is 0 Å². The average molecular weight is 266 g/mol. The maximum atomic E-state index is 4.35. The van der Waals surface area contributed by atoms with E-state index in [1.165, 1.54) is 18.4 Å². The Hall–Kier alpha value is -2.36. The van der Waals surface area contributed by atoms with Gasteiger partial charge in [0.25, 0.3) is 0 Å². The molecule has 0 amide bonds. The number of nitrogens with zero attached hydrogens (tertiary/aromatic N) is 3. The van der Waals surface area contributed by atoms with Crippen LogP contribution < -0.4 is 5.32 Å². The van der Waals surface area contributed by atoms with E-state index in [1.54, 1.807) is 12.4 Å². The quantitative estimate of drug-likeness (QED) is 0.763. The zero-order valence-corrected chi connectivity index (χ0v) is 11.6. The molecule has 0 aliphatic heterocycles.